The number of rotatable bonds is 2. The SMILES string of the molecule is Cc1ccc(F)c(C(=O)c2c(C)oc(C)c2C)c1F. The summed E-state index contributed by atoms with van der Waals surface area (Å²) in [5.41, 5.74) is 0.566. The van der Waals surface area contributed by atoms with E-state index in [0.29, 0.717) is 17.1 Å². The molecule has 1 aromatic carbocycles. The van der Waals surface area contributed by atoms with Crippen LogP contribution in [0, 0.1) is 39.3 Å². The molecule has 0 radical (unpaired) electrons. The van der Waals surface area contributed by atoms with E-state index in [-0.39, 0.29) is 11.1 Å². The van der Waals surface area contributed by atoms with E-state index in [4.69, 9.17) is 4.42 Å². The first kappa shape index (κ1) is 13.5. The van der Waals surface area contributed by atoms with Gasteiger partial charge in [-0.1, -0.05) is 6.07 Å². The summed E-state index contributed by atoms with van der Waals surface area (Å²) in [4.78, 5) is 12.4. The van der Waals surface area contributed by atoms with Crippen molar-refractivity contribution in [1.29, 1.82) is 0 Å². The third-order valence-electron chi connectivity index (χ3n) is 3.30. The van der Waals surface area contributed by atoms with Gasteiger partial charge in [-0.25, -0.2) is 8.78 Å². The van der Waals surface area contributed by atoms with E-state index in [9.17, 15) is 13.6 Å². The summed E-state index contributed by atoms with van der Waals surface area (Å²) < 4.78 is 33.1. The van der Waals surface area contributed by atoms with Gasteiger partial charge in [0, 0.05) is 5.56 Å². The van der Waals surface area contributed by atoms with Crippen molar-refractivity contribution in [2.75, 3.05) is 0 Å². The fourth-order valence-electron chi connectivity index (χ4n) is 2.12. The molecule has 1 aromatic heterocycles. The number of halogens is 2. The maximum Gasteiger partial charge on any atom is 0.202 e. The minimum Gasteiger partial charge on any atom is -0.466 e. The minimum absolute atomic E-state index is 0.236. The Morgan fingerprint density at radius 3 is 2.16 bits per heavy atom. The fourth-order valence-corrected chi connectivity index (χ4v) is 2.12. The highest BCUT2D eigenvalue weighted by Crippen LogP contribution is 2.26. The summed E-state index contributed by atoms with van der Waals surface area (Å²) in [5, 5.41) is 0. The normalized spacial score (nSPS) is 10.8. The van der Waals surface area contributed by atoms with Crippen molar-refractivity contribution in [3.8, 4) is 0 Å². The van der Waals surface area contributed by atoms with Gasteiger partial charge in [0.1, 0.15) is 23.2 Å². The van der Waals surface area contributed by atoms with Crippen molar-refractivity contribution in [3.05, 3.63) is 57.5 Å². The lowest BCUT2D eigenvalue weighted by Gasteiger charge is -2.06. The van der Waals surface area contributed by atoms with Crippen LogP contribution in [-0.2, 0) is 0 Å². The van der Waals surface area contributed by atoms with Crippen molar-refractivity contribution in [3.63, 3.8) is 0 Å². The molecule has 0 unspecified atom stereocenters. The lowest BCUT2D eigenvalue weighted by molar-refractivity contribution is 0.102. The Labute approximate surface area is 110 Å². The molecule has 1 heterocycles. The van der Waals surface area contributed by atoms with E-state index in [2.05, 4.69) is 0 Å². The quantitative estimate of drug-likeness (QED) is 0.767. The van der Waals surface area contributed by atoms with Crippen molar-refractivity contribution in [2.45, 2.75) is 27.7 Å². The minimum atomic E-state index is -0.856. The average Bonchev–Trinajstić information content (AvgIpc) is 2.58. The molecule has 0 aliphatic rings. The van der Waals surface area contributed by atoms with Gasteiger partial charge in [0.15, 0.2) is 0 Å². The zero-order valence-electron chi connectivity index (χ0n) is 11.2. The molecule has 0 saturated carbocycles. The predicted molar refractivity (Wildman–Crippen MR) is 67.4 cm³/mol. The van der Waals surface area contributed by atoms with E-state index in [1.807, 2.05) is 0 Å². The molecule has 100 valence electrons. The number of benzene rings is 1. The summed E-state index contributed by atoms with van der Waals surface area (Å²) in [6.45, 7) is 6.51. The summed E-state index contributed by atoms with van der Waals surface area (Å²) in [7, 11) is 0. The molecule has 2 nitrogen and oxygen atoms in total. The summed E-state index contributed by atoms with van der Waals surface area (Å²) in [6, 6.07) is 2.41. The van der Waals surface area contributed by atoms with Crippen LogP contribution in [0.5, 0.6) is 0 Å². The molecule has 4 heteroatoms. The van der Waals surface area contributed by atoms with Crippen LogP contribution in [0.1, 0.15) is 38.6 Å². The molecular formula is C15H14F2O2. The predicted octanol–water partition coefficient (Wildman–Crippen LogP) is 4.02. The van der Waals surface area contributed by atoms with Crippen molar-refractivity contribution in [1.82, 2.24) is 0 Å². The third kappa shape index (κ3) is 2.07. The molecule has 0 spiro atoms. The molecule has 0 fully saturated rings. The van der Waals surface area contributed by atoms with E-state index >= 15 is 0 Å². The van der Waals surface area contributed by atoms with E-state index < -0.39 is 23.0 Å². The first-order chi connectivity index (χ1) is 8.84. The van der Waals surface area contributed by atoms with Crippen LogP contribution in [0.3, 0.4) is 0 Å². The van der Waals surface area contributed by atoms with E-state index in [1.165, 1.54) is 13.0 Å². The second-order valence-corrected chi connectivity index (χ2v) is 4.60. The number of hydrogen-bond acceptors (Lipinski definition) is 2. The first-order valence-electron chi connectivity index (χ1n) is 5.90. The maximum atomic E-state index is 14.0. The number of carbonyl (C=O) groups is 1. The second-order valence-electron chi connectivity index (χ2n) is 4.60. The van der Waals surface area contributed by atoms with Gasteiger partial charge < -0.3 is 4.42 Å². The Morgan fingerprint density at radius 1 is 1.00 bits per heavy atom. The third-order valence-corrected chi connectivity index (χ3v) is 3.30. The standard InChI is InChI=1S/C15H14F2O2/c1-7-5-6-11(16)13(14(7)17)15(18)12-8(2)9(3)19-10(12)4/h5-6H,1-4H3. The Bertz CT molecular complexity index is 669. The van der Waals surface area contributed by atoms with E-state index in [1.54, 1.807) is 20.8 Å². The van der Waals surface area contributed by atoms with Gasteiger partial charge in [0.05, 0.1) is 11.1 Å². The van der Waals surface area contributed by atoms with Crippen molar-refractivity contribution < 1.29 is 18.0 Å². The molecular weight excluding hydrogens is 250 g/mol. The molecule has 2 rings (SSSR count). The van der Waals surface area contributed by atoms with Gasteiger partial charge in [-0.2, -0.15) is 0 Å². The molecule has 0 aliphatic heterocycles. The molecule has 0 saturated heterocycles. The maximum absolute atomic E-state index is 14.0. The Hall–Kier alpha value is -1.97. The van der Waals surface area contributed by atoms with Gasteiger partial charge in [0.2, 0.25) is 5.78 Å². The highest BCUT2D eigenvalue weighted by molar-refractivity contribution is 6.11. The highest BCUT2D eigenvalue weighted by atomic mass is 19.1. The van der Waals surface area contributed by atoms with Crippen LogP contribution in [0.4, 0.5) is 8.78 Å². The van der Waals surface area contributed by atoms with Crippen LogP contribution in [0.2, 0.25) is 0 Å². The van der Waals surface area contributed by atoms with Crippen molar-refractivity contribution in [2.24, 2.45) is 0 Å². The summed E-state index contributed by atoms with van der Waals surface area (Å²) in [5.74, 6) is -1.39. The Morgan fingerprint density at radius 2 is 1.63 bits per heavy atom. The molecule has 2 aromatic rings. The number of carbonyl (C=O) groups excluding carboxylic acids is 1. The van der Waals surface area contributed by atoms with Gasteiger partial charge >= 0.3 is 0 Å². The molecule has 19 heavy (non-hydrogen) atoms. The van der Waals surface area contributed by atoms with Crippen LogP contribution in [0.25, 0.3) is 0 Å². The molecule has 0 amide bonds. The lowest BCUT2D eigenvalue weighted by Crippen LogP contribution is -2.10. The monoisotopic (exact) mass is 264 g/mol. The van der Waals surface area contributed by atoms with Crippen LogP contribution < -0.4 is 0 Å². The highest BCUT2D eigenvalue weighted by Gasteiger charge is 2.26. The summed E-state index contributed by atoms with van der Waals surface area (Å²) >= 11 is 0. The van der Waals surface area contributed by atoms with Crippen molar-refractivity contribution >= 4 is 5.78 Å². The van der Waals surface area contributed by atoms with Gasteiger partial charge in [-0.15, -0.1) is 0 Å². The molecule has 0 atom stereocenters. The number of aryl methyl sites for hydroxylation is 3. The smallest absolute Gasteiger partial charge is 0.202 e. The van der Waals surface area contributed by atoms with Gasteiger partial charge in [0.25, 0.3) is 0 Å². The molecule has 0 N–H and O–H groups in total. The zero-order chi connectivity index (χ0) is 14.3. The second kappa shape index (κ2) is 4.61. The van der Waals surface area contributed by atoms with E-state index in [0.717, 1.165) is 6.07 Å². The average molecular weight is 264 g/mol. The van der Waals surface area contributed by atoms with Crippen LogP contribution in [0.15, 0.2) is 16.5 Å². The zero-order valence-corrected chi connectivity index (χ0v) is 11.2. The lowest BCUT2D eigenvalue weighted by atomic mass is 9.97. The fraction of sp³-hybridized carbons (Fsp3) is 0.267. The topological polar surface area (TPSA) is 30.2 Å². The largest absolute Gasteiger partial charge is 0.466 e. The number of ketones is 1. The van der Waals surface area contributed by atoms with Crippen LogP contribution in [-0.4, -0.2) is 5.78 Å². The first-order valence-corrected chi connectivity index (χ1v) is 5.90. The number of hydrogen-bond donors (Lipinski definition) is 0. The van der Waals surface area contributed by atoms with Gasteiger partial charge in [-0.3, -0.25) is 4.79 Å². The summed E-state index contributed by atoms with van der Waals surface area (Å²) in [6.07, 6.45) is 0. The van der Waals surface area contributed by atoms with Crippen LogP contribution >= 0.6 is 0 Å². The molecule has 0 bridgehead atoms. The number of furan rings is 1. The van der Waals surface area contributed by atoms with Gasteiger partial charge in [-0.05, 0) is 39.3 Å². The Balaban J connectivity index is 2.66. The Kier molecular flexibility index (Phi) is 3.27. The molecule has 0 aliphatic carbocycles.